The minimum Gasteiger partial charge on any atom is -0.375 e. The highest BCUT2D eigenvalue weighted by molar-refractivity contribution is 6.00. The molecule has 228 valence electrons. The Kier molecular flexibility index (Phi) is 10.3. The first-order valence-electron chi connectivity index (χ1n) is 14.4. The average Bonchev–Trinajstić information content (AvgIpc) is 3.49. The number of primary amides is 1. The maximum absolute atomic E-state index is 14.0. The topological polar surface area (TPSA) is 142 Å². The second-order valence-electron chi connectivity index (χ2n) is 11.1. The van der Waals surface area contributed by atoms with E-state index in [1.807, 2.05) is 50.2 Å². The third kappa shape index (κ3) is 7.29. The van der Waals surface area contributed by atoms with Gasteiger partial charge in [-0.15, -0.1) is 0 Å². The normalized spacial score (nSPS) is 19.3. The van der Waals surface area contributed by atoms with Gasteiger partial charge in [-0.2, -0.15) is 0 Å². The van der Waals surface area contributed by atoms with E-state index < -0.39 is 41.8 Å². The molecule has 1 unspecified atom stereocenters. The van der Waals surface area contributed by atoms with E-state index in [9.17, 15) is 24.0 Å². The number of hydrogen-bond acceptors (Lipinski definition) is 6. The first kappa shape index (κ1) is 31.4. The zero-order valence-electron chi connectivity index (χ0n) is 24.8. The van der Waals surface area contributed by atoms with Gasteiger partial charge in [0.05, 0.1) is 5.70 Å². The van der Waals surface area contributed by atoms with E-state index in [4.69, 9.17) is 10.5 Å². The number of nitrogens with zero attached hydrogens (tertiary/aromatic N) is 3. The highest BCUT2D eigenvalue weighted by Gasteiger charge is 2.42. The van der Waals surface area contributed by atoms with Gasteiger partial charge in [0.25, 0.3) is 11.8 Å². The Morgan fingerprint density at radius 2 is 1.67 bits per heavy atom. The number of amides is 5. The van der Waals surface area contributed by atoms with Crippen molar-refractivity contribution in [3.8, 4) is 0 Å². The van der Waals surface area contributed by atoms with Gasteiger partial charge in [-0.05, 0) is 29.9 Å². The van der Waals surface area contributed by atoms with Gasteiger partial charge >= 0.3 is 0 Å². The van der Waals surface area contributed by atoms with Crippen LogP contribution in [0.3, 0.4) is 0 Å². The molecule has 1 fully saturated rings. The maximum Gasteiger partial charge on any atom is 0.253 e. The van der Waals surface area contributed by atoms with Gasteiger partial charge in [0.15, 0.2) is 0 Å². The predicted octanol–water partition coefficient (Wildman–Crippen LogP) is 1.53. The van der Waals surface area contributed by atoms with Crippen LogP contribution < -0.4 is 11.1 Å². The molecule has 4 rings (SSSR count). The Hall–Kier alpha value is -4.51. The monoisotopic (exact) mass is 589 g/mol. The quantitative estimate of drug-likeness (QED) is 0.407. The van der Waals surface area contributed by atoms with E-state index >= 15 is 0 Å². The van der Waals surface area contributed by atoms with Crippen molar-refractivity contribution in [2.24, 2.45) is 11.7 Å². The number of ether oxygens (including phenoxy) is 1. The van der Waals surface area contributed by atoms with Gasteiger partial charge in [0.2, 0.25) is 17.7 Å². The Bertz CT molecular complexity index is 1360. The van der Waals surface area contributed by atoms with Crippen molar-refractivity contribution in [2.75, 3.05) is 26.8 Å². The van der Waals surface area contributed by atoms with Gasteiger partial charge < -0.3 is 25.6 Å². The lowest BCUT2D eigenvalue weighted by molar-refractivity contribution is -0.147. The first-order chi connectivity index (χ1) is 20.6. The molecule has 0 bridgehead atoms. The molecule has 11 nitrogen and oxygen atoms in total. The number of hydrogen-bond donors (Lipinski definition) is 2. The van der Waals surface area contributed by atoms with Crippen LogP contribution in [-0.2, 0) is 35.1 Å². The van der Waals surface area contributed by atoms with Crippen LogP contribution in [0.4, 0.5) is 0 Å². The van der Waals surface area contributed by atoms with E-state index in [0.717, 1.165) is 5.56 Å². The lowest BCUT2D eigenvalue weighted by Crippen LogP contribution is -2.58. The van der Waals surface area contributed by atoms with Crippen molar-refractivity contribution in [2.45, 2.75) is 51.2 Å². The second kappa shape index (κ2) is 14.1. The van der Waals surface area contributed by atoms with Crippen LogP contribution in [0.25, 0.3) is 5.70 Å². The lowest BCUT2D eigenvalue weighted by Gasteiger charge is -2.41. The number of nitrogens with two attached hydrogens (primary N) is 1. The SMILES string of the molecule is COCC(=O)N1C=C(c2ccccc2)N(CC(=O)N[C@@H](Cc2ccccc2)C(=O)N2CCC[C@H]2C(N)=O)C(=O)C1C(C)C. The Labute approximate surface area is 251 Å². The highest BCUT2D eigenvalue weighted by Crippen LogP contribution is 2.30. The number of likely N-dealkylation sites (tertiary alicyclic amines) is 1. The molecule has 5 amide bonds. The van der Waals surface area contributed by atoms with Gasteiger partial charge in [-0.3, -0.25) is 28.9 Å². The molecule has 43 heavy (non-hydrogen) atoms. The molecular formula is C32H39N5O6. The minimum atomic E-state index is -0.987. The van der Waals surface area contributed by atoms with Crippen LogP contribution in [0.5, 0.6) is 0 Å². The van der Waals surface area contributed by atoms with Crippen molar-refractivity contribution in [3.63, 3.8) is 0 Å². The Morgan fingerprint density at radius 1 is 1.02 bits per heavy atom. The molecule has 3 atom stereocenters. The van der Waals surface area contributed by atoms with Crippen molar-refractivity contribution in [1.29, 1.82) is 0 Å². The molecule has 2 aliphatic rings. The van der Waals surface area contributed by atoms with Gasteiger partial charge in [-0.1, -0.05) is 74.5 Å². The summed E-state index contributed by atoms with van der Waals surface area (Å²) in [4.78, 5) is 70.6. The fourth-order valence-electron chi connectivity index (χ4n) is 5.67. The highest BCUT2D eigenvalue weighted by atomic mass is 16.5. The van der Waals surface area contributed by atoms with Crippen LogP contribution in [0.2, 0.25) is 0 Å². The van der Waals surface area contributed by atoms with Crippen LogP contribution in [0.15, 0.2) is 66.9 Å². The smallest absolute Gasteiger partial charge is 0.253 e. The summed E-state index contributed by atoms with van der Waals surface area (Å²) in [5.74, 6) is -2.61. The molecule has 11 heteroatoms. The third-order valence-electron chi connectivity index (χ3n) is 7.71. The maximum atomic E-state index is 14.0. The summed E-state index contributed by atoms with van der Waals surface area (Å²) in [5, 5.41) is 2.84. The van der Waals surface area contributed by atoms with Gasteiger partial charge in [0.1, 0.15) is 31.3 Å². The minimum absolute atomic E-state index is 0.191. The molecule has 1 saturated heterocycles. The number of nitrogens with one attached hydrogen (secondary N) is 1. The summed E-state index contributed by atoms with van der Waals surface area (Å²) < 4.78 is 5.06. The lowest BCUT2D eigenvalue weighted by atomic mass is 9.97. The molecule has 3 N–H and O–H groups in total. The van der Waals surface area contributed by atoms with E-state index in [-0.39, 0.29) is 31.4 Å². The fraction of sp³-hybridized carbons (Fsp3) is 0.406. The van der Waals surface area contributed by atoms with Crippen molar-refractivity contribution < 1.29 is 28.7 Å². The van der Waals surface area contributed by atoms with E-state index in [0.29, 0.717) is 30.6 Å². The summed E-state index contributed by atoms with van der Waals surface area (Å²) in [6.07, 6.45) is 2.88. The molecular weight excluding hydrogens is 550 g/mol. The van der Waals surface area contributed by atoms with Crippen LogP contribution in [0.1, 0.15) is 37.8 Å². The van der Waals surface area contributed by atoms with Crippen molar-refractivity contribution >= 4 is 35.2 Å². The van der Waals surface area contributed by atoms with E-state index in [1.165, 1.54) is 21.8 Å². The second-order valence-corrected chi connectivity index (χ2v) is 11.1. The summed E-state index contributed by atoms with van der Waals surface area (Å²) in [6, 6.07) is 15.7. The van der Waals surface area contributed by atoms with Crippen LogP contribution in [-0.4, -0.2) is 89.2 Å². The zero-order chi connectivity index (χ0) is 31.1. The Morgan fingerprint density at radius 3 is 2.28 bits per heavy atom. The molecule has 2 aromatic carbocycles. The van der Waals surface area contributed by atoms with Crippen LogP contribution in [0, 0.1) is 5.92 Å². The Balaban J connectivity index is 1.65. The molecule has 0 saturated carbocycles. The summed E-state index contributed by atoms with van der Waals surface area (Å²) in [5.41, 5.74) is 7.41. The summed E-state index contributed by atoms with van der Waals surface area (Å²) in [7, 11) is 1.41. The zero-order valence-corrected chi connectivity index (χ0v) is 24.8. The van der Waals surface area contributed by atoms with Gasteiger partial charge in [-0.25, -0.2) is 0 Å². The number of rotatable bonds is 11. The first-order valence-corrected chi connectivity index (χ1v) is 14.4. The number of methoxy groups -OCH3 is 1. The molecule has 2 aliphatic heterocycles. The van der Waals surface area contributed by atoms with E-state index in [1.54, 1.807) is 30.5 Å². The van der Waals surface area contributed by atoms with Crippen LogP contribution >= 0.6 is 0 Å². The van der Waals surface area contributed by atoms with Gasteiger partial charge in [0, 0.05) is 26.3 Å². The average molecular weight is 590 g/mol. The molecule has 0 aromatic heterocycles. The standard InChI is InChI=1S/C32H39N5O6/c1-21(2)29-32(42)36(26(23-13-8-5-9-14-23)18-37(29)28(39)20-43-3)19-27(38)34-24(17-22-11-6-4-7-12-22)31(41)35-16-10-15-25(35)30(33)40/h4-9,11-14,18,21,24-25,29H,10,15-17,19-20H2,1-3H3,(H2,33,40)(H,34,38)/t24-,25-,29?/m0/s1. The fourth-order valence-corrected chi connectivity index (χ4v) is 5.67. The predicted molar refractivity (Wildman–Crippen MR) is 159 cm³/mol. The number of carbonyl (C=O) groups excluding carboxylic acids is 5. The summed E-state index contributed by atoms with van der Waals surface area (Å²) in [6.45, 7) is 3.43. The molecule has 0 radical (unpaired) electrons. The molecule has 2 heterocycles. The number of benzene rings is 2. The van der Waals surface area contributed by atoms with Crippen molar-refractivity contribution in [1.82, 2.24) is 20.0 Å². The molecule has 0 spiro atoms. The molecule has 2 aromatic rings. The largest absolute Gasteiger partial charge is 0.375 e. The van der Waals surface area contributed by atoms with Crippen molar-refractivity contribution in [3.05, 3.63) is 78.0 Å². The third-order valence-corrected chi connectivity index (χ3v) is 7.71. The summed E-state index contributed by atoms with van der Waals surface area (Å²) >= 11 is 0. The van der Waals surface area contributed by atoms with E-state index in [2.05, 4.69) is 5.32 Å². The number of carbonyl (C=O) groups is 5. The molecule has 0 aliphatic carbocycles.